The lowest BCUT2D eigenvalue weighted by atomic mass is 10.2. The molecule has 0 spiro atoms. The Balaban J connectivity index is 2.42. The van der Waals surface area contributed by atoms with Crippen molar-refractivity contribution in [2.75, 3.05) is 0 Å². The molecule has 1 unspecified atom stereocenters. The molecule has 0 bridgehead atoms. The van der Waals surface area contributed by atoms with Crippen molar-refractivity contribution in [3.8, 4) is 0 Å². The number of hydrogen-bond acceptors (Lipinski definition) is 3. The first-order valence-corrected chi connectivity index (χ1v) is 6.11. The molecule has 0 saturated carbocycles. The Bertz CT molecular complexity index is 595. The minimum absolute atomic E-state index is 0.149. The normalized spacial score (nSPS) is 12.8. The van der Waals surface area contributed by atoms with E-state index in [-0.39, 0.29) is 12.4 Å². The SMILES string of the molecule is O=C(O)c1nc2c(CN[PH](=O)O)cccc2[nH]1. The number of aromatic amines is 1. The number of H-pyrrole nitrogens is 1. The van der Waals surface area contributed by atoms with Gasteiger partial charge in [-0.1, -0.05) is 12.1 Å². The number of benzene rings is 1. The second-order valence-electron chi connectivity index (χ2n) is 3.36. The zero-order chi connectivity index (χ0) is 12.4. The molecular weight excluding hydrogens is 245 g/mol. The van der Waals surface area contributed by atoms with Crippen LogP contribution in [0.3, 0.4) is 0 Å². The summed E-state index contributed by atoms with van der Waals surface area (Å²) in [6.45, 7) is 0.162. The molecule has 1 atom stereocenters. The fraction of sp³-hybridized carbons (Fsp3) is 0.111. The van der Waals surface area contributed by atoms with E-state index in [0.717, 1.165) is 0 Å². The van der Waals surface area contributed by atoms with Crippen LogP contribution in [0.15, 0.2) is 18.2 Å². The third kappa shape index (κ3) is 2.52. The highest BCUT2D eigenvalue weighted by molar-refractivity contribution is 7.35. The van der Waals surface area contributed by atoms with Crippen molar-refractivity contribution < 1.29 is 19.4 Å². The van der Waals surface area contributed by atoms with Gasteiger partial charge >= 0.3 is 5.97 Å². The summed E-state index contributed by atoms with van der Waals surface area (Å²) in [5.41, 5.74) is 1.73. The molecule has 1 heterocycles. The second-order valence-corrected chi connectivity index (χ2v) is 4.33. The molecule has 2 rings (SSSR count). The minimum atomic E-state index is -2.76. The molecular formula is C9H10N3O4P. The van der Waals surface area contributed by atoms with Crippen molar-refractivity contribution in [1.82, 2.24) is 15.1 Å². The summed E-state index contributed by atoms with van der Waals surface area (Å²) in [5.74, 6) is -1.29. The summed E-state index contributed by atoms with van der Waals surface area (Å²) >= 11 is 0. The van der Waals surface area contributed by atoms with Gasteiger partial charge < -0.3 is 15.0 Å². The van der Waals surface area contributed by atoms with Crippen molar-refractivity contribution in [1.29, 1.82) is 0 Å². The first kappa shape index (κ1) is 11.8. The highest BCUT2D eigenvalue weighted by Crippen LogP contribution is 2.18. The lowest BCUT2D eigenvalue weighted by Crippen LogP contribution is -2.03. The highest BCUT2D eigenvalue weighted by atomic mass is 31.1. The highest BCUT2D eigenvalue weighted by Gasteiger charge is 2.11. The van der Waals surface area contributed by atoms with E-state index in [9.17, 15) is 9.36 Å². The molecule has 7 nitrogen and oxygen atoms in total. The van der Waals surface area contributed by atoms with Gasteiger partial charge in [0.2, 0.25) is 5.82 Å². The number of carboxylic acids is 1. The number of nitrogens with zero attached hydrogens (tertiary/aromatic N) is 1. The van der Waals surface area contributed by atoms with Crippen LogP contribution < -0.4 is 5.09 Å². The number of aromatic nitrogens is 2. The molecule has 0 fully saturated rings. The van der Waals surface area contributed by atoms with Crippen LogP contribution in [-0.4, -0.2) is 25.9 Å². The van der Waals surface area contributed by atoms with E-state index in [2.05, 4.69) is 15.1 Å². The maximum absolute atomic E-state index is 10.8. The molecule has 0 aliphatic heterocycles. The Kier molecular flexibility index (Phi) is 3.23. The van der Waals surface area contributed by atoms with Crippen LogP contribution in [0.1, 0.15) is 16.2 Å². The number of para-hydroxylation sites is 1. The summed E-state index contributed by atoms with van der Waals surface area (Å²) in [4.78, 5) is 26.0. The lowest BCUT2D eigenvalue weighted by molar-refractivity contribution is 0.0685. The number of aromatic carboxylic acids is 1. The van der Waals surface area contributed by atoms with Gasteiger partial charge in [-0.25, -0.2) is 14.9 Å². The van der Waals surface area contributed by atoms with Crippen LogP contribution in [0, 0.1) is 0 Å². The van der Waals surface area contributed by atoms with E-state index in [0.29, 0.717) is 16.6 Å². The van der Waals surface area contributed by atoms with Gasteiger partial charge in [0.1, 0.15) is 0 Å². The molecule has 17 heavy (non-hydrogen) atoms. The fourth-order valence-corrected chi connectivity index (χ4v) is 1.85. The number of hydrogen-bond donors (Lipinski definition) is 4. The van der Waals surface area contributed by atoms with Gasteiger partial charge in [-0.3, -0.25) is 4.57 Å². The summed E-state index contributed by atoms with van der Waals surface area (Å²) < 4.78 is 10.6. The van der Waals surface area contributed by atoms with E-state index in [1.165, 1.54) is 0 Å². The molecule has 0 aliphatic rings. The molecule has 0 saturated heterocycles. The quantitative estimate of drug-likeness (QED) is 0.599. The minimum Gasteiger partial charge on any atom is -0.475 e. The van der Waals surface area contributed by atoms with Gasteiger partial charge in [0.05, 0.1) is 11.0 Å². The standard InChI is InChI=1S/C9H10N3O4P/c13-9(14)8-11-6-3-1-2-5(7(6)12-8)4-10-17(15)16/h1-3,17H,4H2,(H,11,12)(H,13,14)(H2,10,15,16). The fourth-order valence-electron chi connectivity index (χ4n) is 1.51. The van der Waals surface area contributed by atoms with E-state index in [1.807, 2.05) is 0 Å². The van der Waals surface area contributed by atoms with E-state index in [1.54, 1.807) is 18.2 Å². The van der Waals surface area contributed by atoms with Crippen LogP contribution in [0.4, 0.5) is 0 Å². The van der Waals surface area contributed by atoms with Gasteiger partial charge in [0, 0.05) is 6.54 Å². The Morgan fingerprint density at radius 2 is 2.29 bits per heavy atom. The first-order chi connectivity index (χ1) is 8.08. The maximum atomic E-state index is 10.8. The molecule has 0 radical (unpaired) electrons. The monoisotopic (exact) mass is 255 g/mol. The third-order valence-corrected chi connectivity index (χ3v) is 2.71. The van der Waals surface area contributed by atoms with Crippen molar-refractivity contribution in [2.45, 2.75) is 6.54 Å². The van der Waals surface area contributed by atoms with E-state index < -0.39 is 14.1 Å². The number of fused-ring (bicyclic) bond motifs is 1. The van der Waals surface area contributed by atoms with Gasteiger partial charge in [0.25, 0.3) is 8.18 Å². The second kappa shape index (κ2) is 4.67. The van der Waals surface area contributed by atoms with Crippen LogP contribution >= 0.6 is 8.18 Å². The Morgan fingerprint density at radius 1 is 1.53 bits per heavy atom. The van der Waals surface area contributed by atoms with Crippen molar-refractivity contribution in [3.05, 3.63) is 29.6 Å². The number of carboxylic acid groups (broad SMARTS) is 1. The van der Waals surface area contributed by atoms with Crippen LogP contribution in [0.5, 0.6) is 0 Å². The predicted octanol–water partition coefficient (Wildman–Crippen LogP) is 0.733. The van der Waals surface area contributed by atoms with E-state index >= 15 is 0 Å². The molecule has 90 valence electrons. The molecule has 1 aromatic carbocycles. The van der Waals surface area contributed by atoms with Crippen LogP contribution in [-0.2, 0) is 11.1 Å². The van der Waals surface area contributed by atoms with Crippen molar-refractivity contribution in [3.63, 3.8) is 0 Å². The first-order valence-electron chi connectivity index (χ1n) is 4.75. The summed E-state index contributed by atoms with van der Waals surface area (Å²) in [5, 5.41) is 11.2. The third-order valence-electron chi connectivity index (χ3n) is 2.23. The Hall–Kier alpha value is -1.69. The van der Waals surface area contributed by atoms with Crippen LogP contribution in [0.25, 0.3) is 11.0 Å². The zero-order valence-corrected chi connectivity index (χ0v) is 9.60. The smallest absolute Gasteiger partial charge is 0.371 e. The number of nitrogens with one attached hydrogen (secondary N) is 2. The molecule has 2 aromatic rings. The Labute approximate surface area is 96.4 Å². The number of rotatable bonds is 4. The van der Waals surface area contributed by atoms with Gasteiger partial charge in [-0.2, -0.15) is 0 Å². The average Bonchev–Trinajstić information content (AvgIpc) is 2.70. The van der Waals surface area contributed by atoms with Gasteiger partial charge in [-0.05, 0) is 11.6 Å². The van der Waals surface area contributed by atoms with Crippen molar-refractivity contribution in [2.24, 2.45) is 0 Å². The molecule has 8 heteroatoms. The zero-order valence-electron chi connectivity index (χ0n) is 8.60. The molecule has 0 aliphatic carbocycles. The summed E-state index contributed by atoms with van der Waals surface area (Å²) in [7, 11) is -2.76. The molecule has 1 aromatic heterocycles. The number of carbonyl (C=O) groups is 1. The summed E-state index contributed by atoms with van der Waals surface area (Å²) in [6.07, 6.45) is 0. The summed E-state index contributed by atoms with van der Waals surface area (Å²) in [6, 6.07) is 5.13. The van der Waals surface area contributed by atoms with Gasteiger partial charge in [0.15, 0.2) is 0 Å². The largest absolute Gasteiger partial charge is 0.475 e. The number of imidazole rings is 1. The van der Waals surface area contributed by atoms with Crippen LogP contribution in [0.2, 0.25) is 0 Å². The van der Waals surface area contributed by atoms with Crippen molar-refractivity contribution >= 4 is 25.2 Å². The average molecular weight is 255 g/mol. The van der Waals surface area contributed by atoms with Gasteiger partial charge in [-0.15, -0.1) is 0 Å². The molecule has 4 N–H and O–H groups in total. The predicted molar refractivity (Wildman–Crippen MR) is 61.1 cm³/mol. The Morgan fingerprint density at radius 3 is 2.94 bits per heavy atom. The molecule has 0 amide bonds. The topological polar surface area (TPSA) is 115 Å². The van der Waals surface area contributed by atoms with E-state index in [4.69, 9.17) is 10.00 Å². The maximum Gasteiger partial charge on any atom is 0.371 e. The lowest BCUT2D eigenvalue weighted by Gasteiger charge is -2.01.